The molecule has 0 aromatic heterocycles. The molecule has 2 aliphatic rings. The van der Waals surface area contributed by atoms with Gasteiger partial charge in [0.05, 0.1) is 6.61 Å². The Hall–Kier alpha value is -0.280. The van der Waals surface area contributed by atoms with Gasteiger partial charge < -0.3 is 28.4 Å². The van der Waals surface area contributed by atoms with Crippen LogP contribution in [0.5, 0.6) is 0 Å². The van der Waals surface area contributed by atoms with Crippen LogP contribution in [0.25, 0.3) is 0 Å². The summed E-state index contributed by atoms with van der Waals surface area (Å²) in [5.74, 6) is -1.15. The van der Waals surface area contributed by atoms with Crippen molar-refractivity contribution in [3.63, 3.8) is 0 Å². The molecule has 2 aliphatic heterocycles. The van der Waals surface area contributed by atoms with E-state index in [2.05, 4.69) is 20.8 Å². The van der Waals surface area contributed by atoms with Crippen LogP contribution in [0.4, 0.5) is 0 Å². The Morgan fingerprint density at radius 2 is 1.43 bits per heavy atom. The van der Waals surface area contributed by atoms with Crippen LogP contribution >= 0.6 is 0 Å². The molecule has 0 bridgehead atoms. The van der Waals surface area contributed by atoms with Gasteiger partial charge in [-0.2, -0.15) is 0 Å². The number of methoxy groups -OCH3 is 1. The van der Waals surface area contributed by atoms with Gasteiger partial charge in [-0.05, 0) is 19.3 Å². The molecule has 0 aromatic carbocycles. The average Bonchev–Trinajstić information content (AvgIpc) is 3.03. The van der Waals surface area contributed by atoms with Crippen LogP contribution in [0.3, 0.4) is 0 Å². The fraction of sp³-hybridized carbons (Fsp3) is 1.00. The third kappa shape index (κ3) is 6.62. The van der Waals surface area contributed by atoms with Crippen molar-refractivity contribution in [2.45, 2.75) is 103 Å². The summed E-state index contributed by atoms with van der Waals surface area (Å²) in [6.07, 6.45) is 4.42. The zero-order chi connectivity index (χ0) is 20.4. The summed E-state index contributed by atoms with van der Waals surface area (Å²) in [5.41, 5.74) is 0. The zero-order valence-corrected chi connectivity index (χ0v) is 18.3. The highest BCUT2D eigenvalue weighted by Gasteiger charge is 2.57. The lowest BCUT2D eigenvalue weighted by Gasteiger charge is -2.42. The Kier molecular flexibility index (Phi) is 10.6. The van der Waals surface area contributed by atoms with Gasteiger partial charge in [0.15, 0.2) is 6.29 Å². The largest absolute Gasteiger partial charge is 0.379 e. The van der Waals surface area contributed by atoms with Gasteiger partial charge in [-0.1, -0.05) is 40.0 Å². The molecule has 0 N–H and O–H groups in total. The van der Waals surface area contributed by atoms with Crippen molar-refractivity contribution in [3.8, 4) is 0 Å². The van der Waals surface area contributed by atoms with Crippen molar-refractivity contribution in [2.24, 2.45) is 0 Å². The highest BCUT2D eigenvalue weighted by molar-refractivity contribution is 4.95. The molecule has 3 unspecified atom stereocenters. The number of unbranched alkanes of at least 4 members (excludes halogenated alkanes) is 3. The molecule has 6 atom stereocenters. The maximum Gasteiger partial charge on any atom is 0.282 e. The molecule has 0 aromatic rings. The minimum Gasteiger partial charge on any atom is -0.379 e. The highest BCUT2D eigenvalue weighted by Crippen LogP contribution is 2.39. The molecule has 0 aliphatic carbocycles. The summed E-state index contributed by atoms with van der Waals surface area (Å²) in [6, 6.07) is 0. The van der Waals surface area contributed by atoms with Crippen molar-refractivity contribution in [2.75, 3.05) is 33.5 Å². The minimum absolute atomic E-state index is 0.269. The fourth-order valence-corrected chi connectivity index (χ4v) is 3.38. The summed E-state index contributed by atoms with van der Waals surface area (Å²) in [6.45, 7) is 10.6. The topological polar surface area (TPSA) is 64.6 Å². The molecule has 2 heterocycles. The second kappa shape index (κ2) is 12.4. The van der Waals surface area contributed by atoms with E-state index in [-0.39, 0.29) is 18.3 Å². The number of hydrogen-bond donors (Lipinski definition) is 0. The molecule has 28 heavy (non-hydrogen) atoms. The molecule has 7 heteroatoms. The van der Waals surface area contributed by atoms with E-state index < -0.39 is 18.4 Å². The van der Waals surface area contributed by atoms with Gasteiger partial charge in [-0.3, -0.25) is 4.74 Å². The first kappa shape index (κ1) is 24.0. The maximum absolute atomic E-state index is 6.26. The van der Waals surface area contributed by atoms with Gasteiger partial charge in [0.1, 0.15) is 24.4 Å². The van der Waals surface area contributed by atoms with Gasteiger partial charge in [0.25, 0.3) is 5.97 Å². The Morgan fingerprint density at radius 3 is 2.04 bits per heavy atom. The highest BCUT2D eigenvalue weighted by atomic mass is 16.9. The predicted molar refractivity (Wildman–Crippen MR) is 105 cm³/mol. The van der Waals surface area contributed by atoms with Crippen LogP contribution in [0.15, 0.2) is 0 Å². The third-order valence-electron chi connectivity index (χ3n) is 5.18. The SMILES string of the molecule is CCCCOCC1O[C@H]2OC(C)(OC)O[C@@H]2C(OCCCC)[C@@H]1OCCCC. The summed E-state index contributed by atoms with van der Waals surface area (Å²) in [5, 5.41) is 0. The Labute approximate surface area is 170 Å². The number of rotatable bonds is 14. The monoisotopic (exact) mass is 404 g/mol. The lowest BCUT2D eigenvalue weighted by atomic mass is 9.98. The number of hydrogen-bond acceptors (Lipinski definition) is 7. The molecule has 2 fully saturated rings. The Balaban J connectivity index is 2.12. The van der Waals surface area contributed by atoms with Crippen molar-refractivity contribution in [1.29, 1.82) is 0 Å². The van der Waals surface area contributed by atoms with Crippen molar-refractivity contribution in [1.82, 2.24) is 0 Å². The van der Waals surface area contributed by atoms with E-state index in [0.29, 0.717) is 26.4 Å². The predicted octanol–water partition coefficient (Wildman–Crippen LogP) is 3.63. The smallest absolute Gasteiger partial charge is 0.282 e. The molecule has 2 rings (SSSR count). The van der Waals surface area contributed by atoms with Gasteiger partial charge in [-0.25, -0.2) is 0 Å². The molecular weight excluding hydrogens is 364 g/mol. The molecule has 0 amide bonds. The average molecular weight is 405 g/mol. The molecule has 166 valence electrons. The summed E-state index contributed by atoms with van der Waals surface area (Å²) in [4.78, 5) is 0. The van der Waals surface area contributed by atoms with Crippen LogP contribution in [0.2, 0.25) is 0 Å². The zero-order valence-electron chi connectivity index (χ0n) is 18.3. The maximum atomic E-state index is 6.26. The van der Waals surface area contributed by atoms with E-state index >= 15 is 0 Å². The Morgan fingerprint density at radius 1 is 0.821 bits per heavy atom. The summed E-state index contributed by atoms with van der Waals surface area (Å²) >= 11 is 0. The van der Waals surface area contributed by atoms with Crippen LogP contribution in [-0.2, 0) is 33.2 Å². The van der Waals surface area contributed by atoms with E-state index in [0.717, 1.165) is 38.5 Å². The van der Waals surface area contributed by atoms with Crippen molar-refractivity contribution >= 4 is 0 Å². The number of fused-ring (bicyclic) bond motifs is 1. The second-order valence-electron chi connectivity index (χ2n) is 7.62. The standard InChI is InChI=1S/C21H40O7/c1-6-9-12-23-15-16-17(24-13-10-7-2)18(25-14-11-8-3)19-20(26-16)28-21(4,22-5)27-19/h16-20H,6-15H2,1-5H3/t16?,17-,18?,19-,20+,21?/m1/s1. The lowest BCUT2D eigenvalue weighted by molar-refractivity contribution is -0.334. The van der Waals surface area contributed by atoms with E-state index in [9.17, 15) is 0 Å². The van der Waals surface area contributed by atoms with Crippen LogP contribution in [0, 0.1) is 0 Å². The molecule has 7 nitrogen and oxygen atoms in total. The fourth-order valence-electron chi connectivity index (χ4n) is 3.38. The number of ether oxygens (including phenoxy) is 7. The minimum atomic E-state index is -1.15. The van der Waals surface area contributed by atoms with Crippen LogP contribution < -0.4 is 0 Å². The first-order valence-corrected chi connectivity index (χ1v) is 11.0. The molecular formula is C21H40O7. The second-order valence-corrected chi connectivity index (χ2v) is 7.62. The van der Waals surface area contributed by atoms with Gasteiger partial charge in [0, 0.05) is 33.9 Å². The van der Waals surface area contributed by atoms with Gasteiger partial charge in [-0.15, -0.1) is 0 Å². The third-order valence-corrected chi connectivity index (χ3v) is 5.18. The summed E-state index contributed by atoms with van der Waals surface area (Å²) < 4.78 is 41.9. The van der Waals surface area contributed by atoms with Gasteiger partial charge >= 0.3 is 0 Å². The van der Waals surface area contributed by atoms with E-state index in [1.165, 1.54) is 0 Å². The normalized spacial score (nSPS) is 35.2. The van der Waals surface area contributed by atoms with Crippen LogP contribution in [0.1, 0.15) is 66.2 Å². The first-order chi connectivity index (χ1) is 13.6. The first-order valence-electron chi connectivity index (χ1n) is 11.0. The molecule has 0 saturated carbocycles. The summed E-state index contributed by atoms with van der Waals surface area (Å²) in [7, 11) is 1.56. The van der Waals surface area contributed by atoms with Gasteiger partial charge in [0.2, 0.25) is 0 Å². The van der Waals surface area contributed by atoms with Crippen molar-refractivity contribution < 1.29 is 33.2 Å². The van der Waals surface area contributed by atoms with E-state index in [1.807, 2.05) is 0 Å². The van der Waals surface area contributed by atoms with E-state index in [1.54, 1.807) is 14.0 Å². The molecule has 0 spiro atoms. The molecule has 0 radical (unpaired) electrons. The van der Waals surface area contributed by atoms with Crippen LogP contribution in [-0.4, -0.2) is 70.2 Å². The Bertz CT molecular complexity index is 422. The molecule has 2 saturated heterocycles. The van der Waals surface area contributed by atoms with E-state index in [4.69, 9.17) is 33.2 Å². The lowest BCUT2D eigenvalue weighted by Crippen LogP contribution is -2.59. The quantitative estimate of drug-likeness (QED) is 0.410. The van der Waals surface area contributed by atoms with Crippen molar-refractivity contribution in [3.05, 3.63) is 0 Å².